The summed E-state index contributed by atoms with van der Waals surface area (Å²) < 4.78 is 0. The van der Waals surface area contributed by atoms with Crippen molar-refractivity contribution in [2.45, 2.75) is 78.2 Å². The summed E-state index contributed by atoms with van der Waals surface area (Å²) >= 11 is 0. The van der Waals surface area contributed by atoms with Gasteiger partial charge in [-0.15, -0.1) is 0 Å². The SMILES string of the molecule is C[C@H]1[C@@H]2CC[C@@H]3C[C@](C)(O)CC[C@@H]3[C@H]2CCC1(C)C. The highest BCUT2D eigenvalue weighted by Gasteiger charge is 2.50. The molecule has 0 aromatic heterocycles. The molecule has 0 saturated heterocycles. The van der Waals surface area contributed by atoms with Crippen LogP contribution in [0.4, 0.5) is 0 Å². The lowest BCUT2D eigenvalue weighted by molar-refractivity contribution is -0.0938. The van der Waals surface area contributed by atoms with Gasteiger partial charge in [-0.3, -0.25) is 0 Å². The van der Waals surface area contributed by atoms with Gasteiger partial charge in [-0.1, -0.05) is 20.8 Å². The molecule has 1 nitrogen and oxygen atoms in total. The van der Waals surface area contributed by atoms with Crippen LogP contribution >= 0.6 is 0 Å². The van der Waals surface area contributed by atoms with Crippen molar-refractivity contribution >= 4 is 0 Å². The maximum Gasteiger partial charge on any atom is 0.0622 e. The Labute approximate surface area is 119 Å². The molecule has 110 valence electrons. The predicted octanol–water partition coefficient (Wildman–Crippen LogP) is 4.64. The van der Waals surface area contributed by atoms with E-state index in [9.17, 15) is 5.11 Å². The second-order valence-corrected chi connectivity index (χ2v) is 8.88. The van der Waals surface area contributed by atoms with Crippen molar-refractivity contribution in [3.63, 3.8) is 0 Å². The molecule has 0 heterocycles. The van der Waals surface area contributed by atoms with Crippen LogP contribution in [0.5, 0.6) is 0 Å². The summed E-state index contributed by atoms with van der Waals surface area (Å²) in [6, 6.07) is 0. The van der Waals surface area contributed by atoms with E-state index in [2.05, 4.69) is 27.7 Å². The summed E-state index contributed by atoms with van der Waals surface area (Å²) in [5.41, 5.74) is 0.182. The minimum absolute atomic E-state index is 0.368. The highest BCUT2D eigenvalue weighted by atomic mass is 16.3. The normalized spacial score (nSPS) is 53.2. The molecule has 0 bridgehead atoms. The molecule has 0 amide bonds. The molecule has 0 radical (unpaired) electrons. The molecule has 0 aromatic carbocycles. The first kappa shape index (κ1) is 13.9. The van der Waals surface area contributed by atoms with Crippen molar-refractivity contribution in [2.75, 3.05) is 0 Å². The summed E-state index contributed by atoms with van der Waals surface area (Å²) in [4.78, 5) is 0. The highest BCUT2D eigenvalue weighted by molar-refractivity contribution is 5.00. The molecule has 19 heavy (non-hydrogen) atoms. The summed E-state index contributed by atoms with van der Waals surface area (Å²) in [5.74, 6) is 4.57. The van der Waals surface area contributed by atoms with Gasteiger partial charge in [-0.2, -0.15) is 0 Å². The van der Waals surface area contributed by atoms with Crippen molar-refractivity contribution in [3.8, 4) is 0 Å². The molecule has 1 N–H and O–H groups in total. The lowest BCUT2D eigenvalue weighted by Gasteiger charge is -2.56. The highest BCUT2D eigenvalue weighted by Crippen LogP contribution is 2.58. The van der Waals surface area contributed by atoms with Crippen LogP contribution in [-0.2, 0) is 0 Å². The van der Waals surface area contributed by atoms with E-state index in [-0.39, 0.29) is 5.60 Å². The monoisotopic (exact) mass is 264 g/mol. The molecular weight excluding hydrogens is 232 g/mol. The fourth-order valence-electron chi connectivity index (χ4n) is 5.74. The maximum atomic E-state index is 10.3. The van der Waals surface area contributed by atoms with Gasteiger partial charge in [-0.25, -0.2) is 0 Å². The third kappa shape index (κ3) is 2.37. The number of hydrogen-bond acceptors (Lipinski definition) is 1. The first-order chi connectivity index (χ1) is 8.80. The van der Waals surface area contributed by atoms with E-state index in [1.807, 2.05) is 0 Å². The molecule has 6 atom stereocenters. The van der Waals surface area contributed by atoms with Crippen molar-refractivity contribution in [1.29, 1.82) is 0 Å². The van der Waals surface area contributed by atoms with Crippen molar-refractivity contribution < 1.29 is 5.11 Å². The first-order valence-corrected chi connectivity index (χ1v) is 8.52. The van der Waals surface area contributed by atoms with E-state index in [0.29, 0.717) is 5.41 Å². The Morgan fingerprint density at radius 1 is 0.842 bits per heavy atom. The molecular formula is C18H32O. The van der Waals surface area contributed by atoms with Crippen molar-refractivity contribution in [2.24, 2.45) is 35.0 Å². The standard InChI is InChI=1S/C18H32O/c1-12-14-6-5-13-11-18(4,19)10-8-15(13)16(14)7-9-17(12,2)3/h12-16,19H,5-11H2,1-4H3/t12-,13+,14-,15-,16-,18+/m0/s1. The van der Waals surface area contributed by atoms with Gasteiger partial charge in [0.25, 0.3) is 0 Å². The predicted molar refractivity (Wildman–Crippen MR) is 79.8 cm³/mol. The van der Waals surface area contributed by atoms with E-state index >= 15 is 0 Å². The van der Waals surface area contributed by atoms with Crippen LogP contribution in [0.2, 0.25) is 0 Å². The van der Waals surface area contributed by atoms with Gasteiger partial charge in [0.15, 0.2) is 0 Å². The lowest BCUT2D eigenvalue weighted by Crippen LogP contribution is -2.49. The van der Waals surface area contributed by atoms with E-state index in [1.54, 1.807) is 0 Å². The quantitative estimate of drug-likeness (QED) is 0.676. The lowest BCUT2D eigenvalue weighted by atomic mass is 9.50. The van der Waals surface area contributed by atoms with Crippen LogP contribution in [0.15, 0.2) is 0 Å². The Morgan fingerprint density at radius 3 is 2.26 bits per heavy atom. The van der Waals surface area contributed by atoms with E-state index < -0.39 is 0 Å². The zero-order valence-electron chi connectivity index (χ0n) is 13.3. The number of hydrogen-bond donors (Lipinski definition) is 1. The average molecular weight is 264 g/mol. The van der Waals surface area contributed by atoms with Gasteiger partial charge in [0, 0.05) is 0 Å². The minimum atomic E-state index is -0.368. The van der Waals surface area contributed by atoms with E-state index in [1.165, 1.54) is 32.1 Å². The molecule has 3 fully saturated rings. The van der Waals surface area contributed by atoms with Crippen LogP contribution < -0.4 is 0 Å². The Morgan fingerprint density at radius 2 is 1.53 bits per heavy atom. The molecule has 3 rings (SSSR count). The Bertz CT molecular complexity index is 344. The minimum Gasteiger partial charge on any atom is -0.390 e. The molecule has 1 heteroatoms. The Hall–Kier alpha value is -0.0400. The van der Waals surface area contributed by atoms with Crippen LogP contribution in [0.25, 0.3) is 0 Å². The van der Waals surface area contributed by atoms with Gasteiger partial charge in [0.1, 0.15) is 0 Å². The van der Waals surface area contributed by atoms with Gasteiger partial charge < -0.3 is 5.11 Å². The van der Waals surface area contributed by atoms with Gasteiger partial charge in [0.05, 0.1) is 5.60 Å². The van der Waals surface area contributed by atoms with Gasteiger partial charge in [0.2, 0.25) is 0 Å². The van der Waals surface area contributed by atoms with Crippen molar-refractivity contribution in [3.05, 3.63) is 0 Å². The second kappa shape index (κ2) is 4.48. The summed E-state index contributed by atoms with van der Waals surface area (Å²) in [5, 5.41) is 10.3. The fourth-order valence-corrected chi connectivity index (χ4v) is 5.74. The third-order valence-electron chi connectivity index (χ3n) is 7.29. The topological polar surface area (TPSA) is 20.2 Å². The van der Waals surface area contributed by atoms with Crippen LogP contribution in [-0.4, -0.2) is 10.7 Å². The van der Waals surface area contributed by atoms with Crippen LogP contribution in [0.3, 0.4) is 0 Å². The molecule has 3 aliphatic rings. The maximum absolute atomic E-state index is 10.3. The van der Waals surface area contributed by atoms with E-state index in [4.69, 9.17) is 0 Å². The Balaban J connectivity index is 1.77. The molecule has 3 saturated carbocycles. The molecule has 0 spiro atoms. The smallest absolute Gasteiger partial charge is 0.0622 e. The summed E-state index contributed by atoms with van der Waals surface area (Å²) in [6.45, 7) is 9.52. The molecule has 3 aliphatic carbocycles. The number of fused-ring (bicyclic) bond motifs is 3. The van der Waals surface area contributed by atoms with Crippen LogP contribution in [0, 0.1) is 35.0 Å². The zero-order chi connectivity index (χ0) is 13.8. The van der Waals surface area contributed by atoms with Crippen molar-refractivity contribution in [1.82, 2.24) is 0 Å². The zero-order valence-corrected chi connectivity index (χ0v) is 13.3. The second-order valence-electron chi connectivity index (χ2n) is 8.88. The van der Waals surface area contributed by atoms with Gasteiger partial charge in [-0.05, 0) is 86.9 Å². The molecule has 0 aromatic rings. The third-order valence-corrected chi connectivity index (χ3v) is 7.29. The first-order valence-electron chi connectivity index (χ1n) is 8.52. The molecule has 0 unspecified atom stereocenters. The largest absolute Gasteiger partial charge is 0.390 e. The average Bonchev–Trinajstić information content (AvgIpc) is 2.32. The Kier molecular flexibility index (Phi) is 3.28. The number of aliphatic hydroxyl groups is 1. The fraction of sp³-hybridized carbons (Fsp3) is 1.00. The molecule has 0 aliphatic heterocycles. The summed E-state index contributed by atoms with van der Waals surface area (Å²) in [6.07, 6.45) is 9.05. The van der Waals surface area contributed by atoms with Crippen LogP contribution in [0.1, 0.15) is 72.6 Å². The number of rotatable bonds is 0. The summed E-state index contributed by atoms with van der Waals surface area (Å²) in [7, 11) is 0. The van der Waals surface area contributed by atoms with Gasteiger partial charge >= 0.3 is 0 Å². The van der Waals surface area contributed by atoms with E-state index in [0.717, 1.165) is 42.4 Å².